The molecule has 1 amide bonds. The van der Waals surface area contributed by atoms with Crippen molar-refractivity contribution in [1.82, 2.24) is 9.62 Å². The van der Waals surface area contributed by atoms with E-state index < -0.39 is 28.6 Å². The number of sulfonamides is 1. The lowest BCUT2D eigenvalue weighted by Gasteiger charge is -2.33. The van der Waals surface area contributed by atoms with Gasteiger partial charge in [-0.1, -0.05) is 19.3 Å². The molecule has 9 heteroatoms. The standard InChI is InChI=1S/C20H30N2O6S/c1-4-22(16-8-6-5-7-9-16)19(23)14-28-20(24)15(2)21-29(25,26)18-12-10-17(27-3)11-13-18/h10-13,15-16,21H,4-9,14H2,1-3H3/t15-/m0/s1. The Labute approximate surface area is 172 Å². The number of benzene rings is 1. The molecule has 1 atom stereocenters. The fourth-order valence-corrected chi connectivity index (χ4v) is 4.67. The molecule has 1 aliphatic rings. The highest BCUT2D eigenvalue weighted by Crippen LogP contribution is 2.22. The summed E-state index contributed by atoms with van der Waals surface area (Å²) in [4.78, 5) is 26.4. The molecule has 1 aliphatic carbocycles. The van der Waals surface area contributed by atoms with Gasteiger partial charge in [-0.25, -0.2) is 8.42 Å². The number of ether oxygens (including phenoxy) is 2. The molecular formula is C20H30N2O6S. The van der Waals surface area contributed by atoms with E-state index >= 15 is 0 Å². The number of likely N-dealkylation sites (N-methyl/N-ethyl adjacent to an activating group) is 1. The fourth-order valence-electron chi connectivity index (χ4n) is 3.48. The average Bonchev–Trinajstić information content (AvgIpc) is 2.73. The van der Waals surface area contributed by atoms with E-state index in [2.05, 4.69) is 4.72 Å². The van der Waals surface area contributed by atoms with Gasteiger partial charge in [-0.3, -0.25) is 9.59 Å². The largest absolute Gasteiger partial charge is 0.497 e. The first-order chi connectivity index (χ1) is 13.8. The third-order valence-electron chi connectivity index (χ3n) is 5.07. The number of carbonyl (C=O) groups excluding carboxylic acids is 2. The molecule has 0 bridgehead atoms. The van der Waals surface area contributed by atoms with E-state index in [4.69, 9.17) is 9.47 Å². The predicted octanol–water partition coefficient (Wildman–Crippen LogP) is 2.09. The average molecular weight is 427 g/mol. The second-order valence-corrected chi connectivity index (χ2v) is 8.81. The van der Waals surface area contributed by atoms with Crippen LogP contribution >= 0.6 is 0 Å². The predicted molar refractivity (Wildman–Crippen MR) is 108 cm³/mol. The maximum Gasteiger partial charge on any atom is 0.324 e. The number of hydrogen-bond donors (Lipinski definition) is 1. The van der Waals surface area contributed by atoms with Crippen LogP contribution in [0.5, 0.6) is 5.75 Å². The van der Waals surface area contributed by atoms with Crippen LogP contribution in [0, 0.1) is 0 Å². The monoisotopic (exact) mass is 426 g/mol. The highest BCUT2D eigenvalue weighted by Gasteiger charge is 2.27. The Balaban J connectivity index is 1.89. The first-order valence-corrected chi connectivity index (χ1v) is 11.4. The van der Waals surface area contributed by atoms with Gasteiger partial charge in [-0.05, 0) is 51.0 Å². The quantitative estimate of drug-likeness (QED) is 0.607. The van der Waals surface area contributed by atoms with Gasteiger partial charge in [0, 0.05) is 12.6 Å². The van der Waals surface area contributed by atoms with Gasteiger partial charge in [0.2, 0.25) is 10.0 Å². The Morgan fingerprint density at radius 2 is 1.79 bits per heavy atom. The molecule has 0 saturated heterocycles. The van der Waals surface area contributed by atoms with Gasteiger partial charge < -0.3 is 14.4 Å². The SMILES string of the molecule is CCN(C(=O)COC(=O)[C@H](C)NS(=O)(=O)c1ccc(OC)cc1)C1CCCCC1. The van der Waals surface area contributed by atoms with Crippen molar-refractivity contribution < 1.29 is 27.5 Å². The van der Waals surface area contributed by atoms with Crippen molar-refractivity contribution in [2.24, 2.45) is 0 Å². The molecule has 0 heterocycles. The van der Waals surface area contributed by atoms with E-state index in [9.17, 15) is 18.0 Å². The zero-order valence-corrected chi connectivity index (χ0v) is 18.0. The first kappa shape index (κ1) is 23.2. The number of nitrogens with one attached hydrogen (secondary N) is 1. The summed E-state index contributed by atoms with van der Waals surface area (Å²) in [6, 6.07) is 4.85. The molecule has 1 fully saturated rings. The van der Waals surface area contributed by atoms with E-state index in [1.807, 2.05) is 6.92 Å². The zero-order chi connectivity index (χ0) is 21.4. The molecule has 0 aliphatic heterocycles. The molecule has 0 aromatic heterocycles. The minimum absolute atomic E-state index is 0.00323. The topological polar surface area (TPSA) is 102 Å². The zero-order valence-electron chi connectivity index (χ0n) is 17.2. The van der Waals surface area contributed by atoms with E-state index in [1.165, 1.54) is 44.7 Å². The lowest BCUT2D eigenvalue weighted by Crippen LogP contribution is -2.45. The van der Waals surface area contributed by atoms with Crippen LogP contribution in [0.4, 0.5) is 0 Å². The van der Waals surface area contributed by atoms with Gasteiger partial charge in [0.1, 0.15) is 11.8 Å². The summed E-state index contributed by atoms with van der Waals surface area (Å²) in [5.74, 6) is -0.526. The van der Waals surface area contributed by atoms with E-state index in [-0.39, 0.29) is 16.8 Å². The number of rotatable bonds is 9. The number of carbonyl (C=O) groups is 2. The number of nitrogens with zero attached hydrogens (tertiary/aromatic N) is 1. The highest BCUT2D eigenvalue weighted by molar-refractivity contribution is 7.89. The van der Waals surface area contributed by atoms with Gasteiger partial charge in [0.15, 0.2) is 6.61 Å². The molecular weight excluding hydrogens is 396 g/mol. The van der Waals surface area contributed by atoms with Crippen LogP contribution in [0.2, 0.25) is 0 Å². The van der Waals surface area contributed by atoms with Crippen LogP contribution in [0.1, 0.15) is 46.0 Å². The van der Waals surface area contributed by atoms with Gasteiger partial charge in [-0.15, -0.1) is 0 Å². The van der Waals surface area contributed by atoms with E-state index in [0.29, 0.717) is 12.3 Å². The van der Waals surface area contributed by atoms with E-state index in [0.717, 1.165) is 25.7 Å². The Morgan fingerprint density at radius 3 is 2.34 bits per heavy atom. The van der Waals surface area contributed by atoms with Crippen LogP contribution in [-0.4, -0.2) is 57.5 Å². The molecule has 0 radical (unpaired) electrons. The number of amides is 1. The first-order valence-electron chi connectivity index (χ1n) is 9.91. The molecule has 1 saturated carbocycles. The molecule has 1 N–H and O–H groups in total. The van der Waals surface area contributed by atoms with Crippen LogP contribution in [0.3, 0.4) is 0 Å². The van der Waals surface area contributed by atoms with Crippen molar-refractivity contribution in [2.75, 3.05) is 20.3 Å². The van der Waals surface area contributed by atoms with E-state index in [1.54, 1.807) is 4.90 Å². The Hall–Kier alpha value is -2.13. The molecule has 29 heavy (non-hydrogen) atoms. The van der Waals surface area contributed by atoms with Crippen molar-refractivity contribution in [3.63, 3.8) is 0 Å². The number of hydrogen-bond acceptors (Lipinski definition) is 6. The summed E-state index contributed by atoms with van der Waals surface area (Å²) >= 11 is 0. The summed E-state index contributed by atoms with van der Waals surface area (Å²) in [5.41, 5.74) is 0. The number of esters is 1. The molecule has 8 nitrogen and oxygen atoms in total. The van der Waals surface area contributed by atoms with Gasteiger partial charge in [0.25, 0.3) is 5.91 Å². The van der Waals surface area contributed by atoms with Crippen molar-refractivity contribution in [3.8, 4) is 5.75 Å². The smallest absolute Gasteiger partial charge is 0.324 e. The number of methoxy groups -OCH3 is 1. The third kappa shape index (κ3) is 6.43. The Bertz CT molecular complexity index is 788. The lowest BCUT2D eigenvalue weighted by molar-refractivity contribution is -0.154. The molecule has 162 valence electrons. The van der Waals surface area contributed by atoms with Crippen LogP contribution in [0.15, 0.2) is 29.2 Å². The fraction of sp³-hybridized carbons (Fsp3) is 0.600. The lowest BCUT2D eigenvalue weighted by atomic mass is 9.94. The van der Waals surface area contributed by atoms with Crippen molar-refractivity contribution in [1.29, 1.82) is 0 Å². The second kappa shape index (κ2) is 10.6. The van der Waals surface area contributed by atoms with Crippen molar-refractivity contribution >= 4 is 21.9 Å². The summed E-state index contributed by atoms with van der Waals surface area (Å²) in [7, 11) is -2.43. The van der Waals surface area contributed by atoms with Gasteiger partial charge >= 0.3 is 5.97 Å². The minimum Gasteiger partial charge on any atom is -0.497 e. The summed E-state index contributed by atoms with van der Waals surface area (Å²) < 4.78 is 37.2. The molecule has 0 unspecified atom stereocenters. The van der Waals surface area contributed by atoms with Crippen LogP contribution in [-0.2, 0) is 24.3 Å². The Morgan fingerprint density at radius 1 is 1.17 bits per heavy atom. The van der Waals surface area contributed by atoms with Gasteiger partial charge in [-0.2, -0.15) is 4.72 Å². The highest BCUT2D eigenvalue weighted by atomic mass is 32.2. The van der Waals surface area contributed by atoms with Crippen molar-refractivity contribution in [2.45, 2.75) is 62.9 Å². The maximum atomic E-state index is 12.5. The summed E-state index contributed by atoms with van der Waals surface area (Å²) in [5, 5.41) is 0. The van der Waals surface area contributed by atoms with Crippen LogP contribution < -0.4 is 9.46 Å². The summed E-state index contributed by atoms with van der Waals surface area (Å²) in [6.07, 6.45) is 5.30. The molecule has 0 spiro atoms. The maximum absolute atomic E-state index is 12.5. The van der Waals surface area contributed by atoms with Gasteiger partial charge in [0.05, 0.1) is 12.0 Å². The summed E-state index contributed by atoms with van der Waals surface area (Å²) in [6.45, 7) is 3.45. The second-order valence-electron chi connectivity index (χ2n) is 7.10. The van der Waals surface area contributed by atoms with Crippen LogP contribution in [0.25, 0.3) is 0 Å². The minimum atomic E-state index is -3.91. The third-order valence-corrected chi connectivity index (χ3v) is 6.63. The Kier molecular flexibility index (Phi) is 8.45. The molecule has 2 rings (SSSR count). The normalized spacial score (nSPS) is 16.1. The molecule has 1 aromatic rings. The van der Waals surface area contributed by atoms with Crippen molar-refractivity contribution in [3.05, 3.63) is 24.3 Å². The molecule has 1 aromatic carbocycles.